The van der Waals surface area contributed by atoms with Gasteiger partial charge in [-0.3, -0.25) is 4.79 Å². The molecule has 0 aliphatic heterocycles. The van der Waals surface area contributed by atoms with E-state index in [1.54, 1.807) is 0 Å². The highest BCUT2D eigenvalue weighted by molar-refractivity contribution is 7.99. The highest BCUT2D eigenvalue weighted by atomic mass is 35.5. The van der Waals surface area contributed by atoms with Crippen molar-refractivity contribution in [1.82, 2.24) is 14.8 Å². The van der Waals surface area contributed by atoms with Crippen LogP contribution in [0.2, 0.25) is 5.02 Å². The molecule has 1 heterocycles. The van der Waals surface area contributed by atoms with E-state index in [0.717, 1.165) is 39.8 Å². The first kappa shape index (κ1) is 19.6. The zero-order valence-electron chi connectivity index (χ0n) is 15.9. The second kappa shape index (κ2) is 8.28. The fraction of sp³-hybridized carbons (Fsp3) is 0.286. The topological polar surface area (TPSA) is 47.8 Å². The van der Waals surface area contributed by atoms with Crippen molar-refractivity contribution in [3.63, 3.8) is 0 Å². The largest absolute Gasteiger partial charge is 0.302 e. The Labute approximate surface area is 169 Å². The molecule has 0 unspecified atom stereocenters. The van der Waals surface area contributed by atoms with Gasteiger partial charge in [0.05, 0.1) is 5.75 Å². The van der Waals surface area contributed by atoms with E-state index in [4.69, 9.17) is 11.6 Å². The molecule has 4 nitrogen and oxygen atoms in total. The fourth-order valence-corrected chi connectivity index (χ4v) is 3.97. The lowest BCUT2D eigenvalue weighted by molar-refractivity contribution is 0.102. The summed E-state index contributed by atoms with van der Waals surface area (Å²) >= 11 is 7.40. The van der Waals surface area contributed by atoms with Crippen molar-refractivity contribution in [3.8, 4) is 11.4 Å². The molecule has 0 bridgehead atoms. The van der Waals surface area contributed by atoms with Crippen LogP contribution in [0.15, 0.2) is 41.6 Å². The Hall–Kier alpha value is -2.11. The molecular formula is C21H22ClN3OS. The first-order valence-corrected chi connectivity index (χ1v) is 10.2. The normalized spacial score (nSPS) is 11.0. The Balaban J connectivity index is 1.79. The number of hydrogen-bond acceptors (Lipinski definition) is 4. The van der Waals surface area contributed by atoms with E-state index in [9.17, 15) is 4.79 Å². The van der Waals surface area contributed by atoms with Gasteiger partial charge in [0.2, 0.25) is 0 Å². The van der Waals surface area contributed by atoms with Gasteiger partial charge >= 0.3 is 0 Å². The minimum absolute atomic E-state index is 0.110. The van der Waals surface area contributed by atoms with Crippen LogP contribution in [0.3, 0.4) is 0 Å². The lowest BCUT2D eigenvalue weighted by Crippen LogP contribution is -2.07. The van der Waals surface area contributed by atoms with Gasteiger partial charge in [0.1, 0.15) is 0 Å². The van der Waals surface area contributed by atoms with Crippen molar-refractivity contribution in [1.29, 1.82) is 0 Å². The summed E-state index contributed by atoms with van der Waals surface area (Å²) in [6.07, 6.45) is 0. The van der Waals surface area contributed by atoms with Crippen molar-refractivity contribution in [2.24, 2.45) is 0 Å². The Morgan fingerprint density at radius 3 is 2.37 bits per heavy atom. The molecule has 3 rings (SSSR count). The van der Waals surface area contributed by atoms with Crippen molar-refractivity contribution >= 4 is 29.1 Å². The standard InChI is InChI=1S/C21H22ClN3OS/c1-5-25-20(16-6-8-17(22)9-7-16)23-24-21(25)27-12-19(26)18-11-14(3)13(2)10-15(18)4/h6-11H,5,12H2,1-4H3. The third-order valence-corrected chi connectivity index (χ3v) is 5.83. The van der Waals surface area contributed by atoms with Gasteiger partial charge in [-0.25, -0.2) is 0 Å². The van der Waals surface area contributed by atoms with Crippen LogP contribution < -0.4 is 0 Å². The van der Waals surface area contributed by atoms with Crippen LogP contribution in [-0.2, 0) is 6.54 Å². The third kappa shape index (κ3) is 4.25. The smallest absolute Gasteiger partial charge is 0.191 e. The van der Waals surface area contributed by atoms with Crippen LogP contribution >= 0.6 is 23.4 Å². The SMILES string of the molecule is CCn1c(SCC(=O)c2cc(C)c(C)cc2C)nnc1-c1ccc(Cl)cc1. The molecule has 2 aromatic carbocycles. The lowest BCUT2D eigenvalue weighted by Gasteiger charge is -2.10. The molecule has 0 amide bonds. The summed E-state index contributed by atoms with van der Waals surface area (Å²) in [6, 6.07) is 11.6. The van der Waals surface area contributed by atoms with Crippen LogP contribution in [0.25, 0.3) is 11.4 Å². The van der Waals surface area contributed by atoms with Gasteiger partial charge in [0.15, 0.2) is 16.8 Å². The van der Waals surface area contributed by atoms with Crippen LogP contribution in [0.5, 0.6) is 0 Å². The molecule has 1 aromatic heterocycles. The second-order valence-corrected chi connectivity index (χ2v) is 7.90. The Morgan fingerprint density at radius 2 is 1.70 bits per heavy atom. The summed E-state index contributed by atoms with van der Waals surface area (Å²) < 4.78 is 2.02. The van der Waals surface area contributed by atoms with Crippen LogP contribution in [0, 0.1) is 20.8 Å². The fourth-order valence-electron chi connectivity index (χ4n) is 2.96. The summed E-state index contributed by atoms with van der Waals surface area (Å²) in [5.41, 5.74) is 5.09. The number of carbonyl (C=O) groups is 1. The van der Waals surface area contributed by atoms with E-state index in [2.05, 4.69) is 23.2 Å². The molecule has 0 fully saturated rings. The van der Waals surface area contributed by atoms with Gasteiger partial charge in [-0.05, 0) is 74.7 Å². The van der Waals surface area contributed by atoms with E-state index in [1.807, 2.05) is 55.7 Å². The Bertz CT molecular complexity index is 980. The number of benzene rings is 2. The molecule has 0 aliphatic rings. The number of thioether (sulfide) groups is 1. The minimum Gasteiger partial charge on any atom is -0.302 e. The maximum Gasteiger partial charge on any atom is 0.191 e. The first-order valence-electron chi connectivity index (χ1n) is 8.83. The summed E-state index contributed by atoms with van der Waals surface area (Å²) in [5, 5.41) is 10.0. The number of Topliss-reactive ketones (excluding diaryl/α,β-unsaturated/α-hetero) is 1. The van der Waals surface area contributed by atoms with Crippen LogP contribution in [0.1, 0.15) is 34.0 Å². The van der Waals surface area contributed by atoms with E-state index in [-0.39, 0.29) is 5.78 Å². The average molecular weight is 400 g/mol. The van der Waals surface area contributed by atoms with Gasteiger partial charge in [-0.1, -0.05) is 29.4 Å². The molecule has 3 aromatic rings. The molecule has 6 heteroatoms. The van der Waals surface area contributed by atoms with Crippen LogP contribution in [0.4, 0.5) is 0 Å². The molecular weight excluding hydrogens is 378 g/mol. The number of hydrogen-bond donors (Lipinski definition) is 0. The summed E-state index contributed by atoms with van der Waals surface area (Å²) in [5.74, 6) is 1.23. The molecule has 0 radical (unpaired) electrons. The molecule has 140 valence electrons. The zero-order valence-corrected chi connectivity index (χ0v) is 17.5. The predicted octanol–water partition coefficient (Wildman–Crippen LogP) is 5.52. The van der Waals surface area contributed by atoms with Gasteiger partial charge < -0.3 is 4.57 Å². The highest BCUT2D eigenvalue weighted by Gasteiger charge is 2.16. The number of carbonyl (C=O) groups excluding carboxylic acids is 1. The number of ketones is 1. The molecule has 0 spiro atoms. The number of aryl methyl sites for hydroxylation is 3. The Morgan fingerprint density at radius 1 is 1.04 bits per heavy atom. The molecule has 27 heavy (non-hydrogen) atoms. The molecule has 0 N–H and O–H groups in total. The number of nitrogens with zero attached hydrogens (tertiary/aromatic N) is 3. The van der Waals surface area contributed by atoms with E-state index < -0.39 is 0 Å². The highest BCUT2D eigenvalue weighted by Crippen LogP contribution is 2.26. The maximum absolute atomic E-state index is 12.7. The van der Waals surface area contributed by atoms with Crippen LogP contribution in [-0.4, -0.2) is 26.3 Å². The van der Waals surface area contributed by atoms with E-state index in [1.165, 1.54) is 17.3 Å². The number of rotatable bonds is 6. The monoisotopic (exact) mass is 399 g/mol. The quantitative estimate of drug-likeness (QED) is 0.404. The summed E-state index contributed by atoms with van der Waals surface area (Å²) in [7, 11) is 0. The first-order chi connectivity index (χ1) is 12.9. The average Bonchev–Trinajstić information content (AvgIpc) is 3.06. The minimum atomic E-state index is 0.110. The molecule has 0 atom stereocenters. The third-order valence-electron chi connectivity index (χ3n) is 4.61. The molecule has 0 saturated heterocycles. The zero-order chi connectivity index (χ0) is 19.6. The van der Waals surface area contributed by atoms with Crippen molar-refractivity contribution < 1.29 is 4.79 Å². The van der Waals surface area contributed by atoms with Gasteiger partial charge in [-0.2, -0.15) is 0 Å². The van der Waals surface area contributed by atoms with E-state index >= 15 is 0 Å². The number of aromatic nitrogens is 3. The molecule has 0 saturated carbocycles. The van der Waals surface area contributed by atoms with Gasteiger partial charge in [-0.15, -0.1) is 10.2 Å². The predicted molar refractivity (Wildman–Crippen MR) is 112 cm³/mol. The van der Waals surface area contributed by atoms with Gasteiger partial charge in [0.25, 0.3) is 0 Å². The van der Waals surface area contributed by atoms with E-state index in [0.29, 0.717) is 10.8 Å². The number of halogens is 1. The van der Waals surface area contributed by atoms with Crippen molar-refractivity contribution in [2.75, 3.05) is 5.75 Å². The van der Waals surface area contributed by atoms with Gasteiger partial charge in [0, 0.05) is 22.7 Å². The second-order valence-electron chi connectivity index (χ2n) is 6.52. The Kier molecular flexibility index (Phi) is 6.02. The molecule has 0 aliphatic carbocycles. The van der Waals surface area contributed by atoms with Crippen molar-refractivity contribution in [2.45, 2.75) is 39.4 Å². The summed E-state index contributed by atoms with van der Waals surface area (Å²) in [6.45, 7) is 8.85. The lowest BCUT2D eigenvalue weighted by atomic mass is 9.99. The van der Waals surface area contributed by atoms with Crippen molar-refractivity contribution in [3.05, 3.63) is 63.7 Å². The summed E-state index contributed by atoms with van der Waals surface area (Å²) in [4.78, 5) is 12.7. The maximum atomic E-state index is 12.7.